The molecular formula is C21H25N3O4. The van der Waals surface area contributed by atoms with Gasteiger partial charge >= 0.3 is 0 Å². The number of carbonyl (C=O) groups is 3. The number of anilines is 1. The summed E-state index contributed by atoms with van der Waals surface area (Å²) in [6, 6.07) is 3.69. The molecule has 0 aliphatic carbocycles. The Labute approximate surface area is 163 Å². The van der Waals surface area contributed by atoms with Gasteiger partial charge in [0.15, 0.2) is 0 Å². The van der Waals surface area contributed by atoms with Crippen LogP contribution in [-0.2, 0) is 19.8 Å². The fourth-order valence-electron chi connectivity index (χ4n) is 4.60. The molecule has 3 atom stereocenters. The zero-order chi connectivity index (χ0) is 20.1. The zero-order valence-corrected chi connectivity index (χ0v) is 16.1. The van der Waals surface area contributed by atoms with Gasteiger partial charge in [-0.1, -0.05) is 17.7 Å². The number of fused-ring (bicyclic) bond motifs is 2. The first-order valence-corrected chi connectivity index (χ1v) is 9.71. The molecule has 3 aliphatic rings. The summed E-state index contributed by atoms with van der Waals surface area (Å²) in [5, 5.41) is 15.5. The largest absolute Gasteiger partial charge is 0.508 e. The highest BCUT2D eigenvalue weighted by molar-refractivity contribution is 6.07. The number of hydrogen-bond acceptors (Lipinski definition) is 4. The van der Waals surface area contributed by atoms with E-state index in [1.807, 2.05) is 19.9 Å². The van der Waals surface area contributed by atoms with Gasteiger partial charge in [0.25, 0.3) is 0 Å². The van der Waals surface area contributed by atoms with Gasteiger partial charge in [-0.15, -0.1) is 0 Å². The summed E-state index contributed by atoms with van der Waals surface area (Å²) in [6.07, 6.45) is 4.10. The van der Waals surface area contributed by atoms with Crippen LogP contribution in [0.25, 0.3) is 0 Å². The van der Waals surface area contributed by atoms with Crippen molar-refractivity contribution < 1.29 is 19.5 Å². The molecule has 7 nitrogen and oxygen atoms in total. The number of carbonyl (C=O) groups excluding carboxylic acids is 3. The molecule has 148 valence electrons. The number of nitrogens with zero attached hydrogens (tertiary/aromatic N) is 1. The van der Waals surface area contributed by atoms with Crippen LogP contribution in [-0.4, -0.2) is 46.4 Å². The van der Waals surface area contributed by atoms with Crippen molar-refractivity contribution in [2.24, 2.45) is 0 Å². The number of piperazine rings is 1. The average Bonchev–Trinajstić information content (AvgIpc) is 3.22. The molecule has 28 heavy (non-hydrogen) atoms. The minimum Gasteiger partial charge on any atom is -0.508 e. The van der Waals surface area contributed by atoms with Crippen molar-refractivity contribution in [1.82, 2.24) is 10.2 Å². The Kier molecular flexibility index (Phi) is 4.40. The van der Waals surface area contributed by atoms with Crippen molar-refractivity contribution in [2.45, 2.75) is 57.0 Å². The maximum atomic E-state index is 13.1. The van der Waals surface area contributed by atoms with Crippen LogP contribution >= 0.6 is 0 Å². The van der Waals surface area contributed by atoms with Gasteiger partial charge in [-0.3, -0.25) is 14.4 Å². The van der Waals surface area contributed by atoms with Gasteiger partial charge in [0.2, 0.25) is 17.7 Å². The van der Waals surface area contributed by atoms with E-state index >= 15 is 0 Å². The van der Waals surface area contributed by atoms with Crippen molar-refractivity contribution >= 4 is 23.4 Å². The Balaban J connectivity index is 1.72. The molecule has 0 spiro atoms. The summed E-state index contributed by atoms with van der Waals surface area (Å²) in [7, 11) is 0. The maximum Gasteiger partial charge on any atom is 0.245 e. The van der Waals surface area contributed by atoms with Crippen LogP contribution in [0.4, 0.5) is 5.69 Å². The standard InChI is InChI=1S/C21H25N3O4/c1-12(2)7-8-21(14-6-5-13(25)10-15(14)23-20(21)28)11-16-19(27)24-9-3-4-17(24)18(26)22-16/h5-7,10,16-17,25H,3-4,8-9,11H2,1-2H3,(H,22,26)(H,23,28)/t16-,17-,21-/m0/s1. The summed E-state index contributed by atoms with van der Waals surface area (Å²) in [6.45, 7) is 4.51. The van der Waals surface area contributed by atoms with Crippen molar-refractivity contribution in [3.63, 3.8) is 0 Å². The molecule has 2 saturated heterocycles. The monoisotopic (exact) mass is 383 g/mol. The smallest absolute Gasteiger partial charge is 0.245 e. The molecule has 4 rings (SSSR count). The zero-order valence-electron chi connectivity index (χ0n) is 16.1. The first kappa shape index (κ1) is 18.5. The van der Waals surface area contributed by atoms with E-state index in [1.165, 1.54) is 6.07 Å². The predicted octanol–water partition coefficient (Wildman–Crippen LogP) is 1.82. The number of phenolic OH excluding ortho intramolecular Hbond substituents is 1. The molecule has 0 saturated carbocycles. The molecular weight excluding hydrogens is 358 g/mol. The SMILES string of the molecule is CC(C)=CC[C@@]1(C[C@@H]2NC(=O)[C@@H]3CCCN3C2=O)C(=O)Nc2cc(O)ccc21. The molecule has 3 aliphatic heterocycles. The normalized spacial score (nSPS) is 28.5. The number of nitrogens with one attached hydrogen (secondary N) is 2. The third-order valence-electron chi connectivity index (χ3n) is 6.07. The summed E-state index contributed by atoms with van der Waals surface area (Å²) in [5.41, 5.74) is 1.40. The van der Waals surface area contributed by atoms with E-state index in [0.717, 1.165) is 17.6 Å². The number of allylic oxidation sites excluding steroid dienone is 2. The lowest BCUT2D eigenvalue weighted by Crippen LogP contribution is -2.62. The Morgan fingerprint density at radius 2 is 2.11 bits per heavy atom. The topological polar surface area (TPSA) is 98.7 Å². The average molecular weight is 383 g/mol. The molecule has 0 bridgehead atoms. The summed E-state index contributed by atoms with van der Waals surface area (Å²) in [4.78, 5) is 40.3. The third kappa shape index (κ3) is 2.85. The molecule has 0 radical (unpaired) electrons. The first-order valence-electron chi connectivity index (χ1n) is 9.71. The van der Waals surface area contributed by atoms with Gasteiger partial charge in [0.1, 0.15) is 17.8 Å². The van der Waals surface area contributed by atoms with Crippen molar-refractivity contribution in [2.75, 3.05) is 11.9 Å². The second-order valence-corrected chi connectivity index (χ2v) is 8.21. The van der Waals surface area contributed by atoms with Gasteiger partial charge < -0.3 is 20.6 Å². The molecule has 3 N–H and O–H groups in total. The lowest BCUT2D eigenvalue weighted by Gasteiger charge is -2.38. The first-order chi connectivity index (χ1) is 13.3. The highest BCUT2D eigenvalue weighted by Gasteiger charge is 2.51. The molecule has 1 aromatic rings. The molecule has 7 heteroatoms. The predicted molar refractivity (Wildman–Crippen MR) is 104 cm³/mol. The van der Waals surface area contributed by atoms with E-state index in [4.69, 9.17) is 0 Å². The molecule has 3 amide bonds. The van der Waals surface area contributed by atoms with Crippen molar-refractivity contribution in [3.8, 4) is 5.75 Å². The van der Waals surface area contributed by atoms with Crippen LogP contribution in [0.1, 0.15) is 45.1 Å². The Morgan fingerprint density at radius 1 is 1.32 bits per heavy atom. The van der Waals surface area contributed by atoms with Crippen molar-refractivity contribution in [1.29, 1.82) is 0 Å². The fraction of sp³-hybridized carbons (Fsp3) is 0.476. The Hall–Kier alpha value is -2.83. The van der Waals surface area contributed by atoms with E-state index < -0.39 is 11.5 Å². The van der Waals surface area contributed by atoms with Gasteiger partial charge in [0.05, 0.1) is 5.41 Å². The van der Waals surface area contributed by atoms with Crippen LogP contribution in [0.2, 0.25) is 0 Å². The van der Waals surface area contributed by atoms with E-state index in [1.54, 1.807) is 17.0 Å². The van der Waals surface area contributed by atoms with Crippen LogP contribution in [0.15, 0.2) is 29.8 Å². The van der Waals surface area contributed by atoms with Crippen molar-refractivity contribution in [3.05, 3.63) is 35.4 Å². The van der Waals surface area contributed by atoms with Gasteiger partial charge in [-0.2, -0.15) is 0 Å². The number of rotatable bonds is 4. The maximum absolute atomic E-state index is 13.1. The van der Waals surface area contributed by atoms with E-state index in [0.29, 0.717) is 25.1 Å². The number of aromatic hydroxyl groups is 1. The van der Waals surface area contributed by atoms with Gasteiger partial charge in [0, 0.05) is 18.3 Å². The van der Waals surface area contributed by atoms with Gasteiger partial charge in [-0.25, -0.2) is 0 Å². The summed E-state index contributed by atoms with van der Waals surface area (Å²) >= 11 is 0. The van der Waals surface area contributed by atoms with Crippen LogP contribution in [0, 0.1) is 0 Å². The molecule has 3 heterocycles. The minimum atomic E-state index is -0.972. The quantitative estimate of drug-likeness (QED) is 0.691. The lowest BCUT2D eigenvalue weighted by molar-refractivity contribution is -0.148. The fourth-order valence-corrected chi connectivity index (χ4v) is 4.60. The summed E-state index contributed by atoms with van der Waals surface area (Å²) < 4.78 is 0. The van der Waals surface area contributed by atoms with E-state index in [2.05, 4.69) is 10.6 Å². The molecule has 2 fully saturated rings. The Bertz CT molecular complexity index is 890. The third-order valence-corrected chi connectivity index (χ3v) is 6.07. The molecule has 1 aromatic carbocycles. The number of benzene rings is 1. The number of amides is 3. The Morgan fingerprint density at radius 3 is 2.86 bits per heavy atom. The van der Waals surface area contributed by atoms with Crippen LogP contribution in [0.3, 0.4) is 0 Å². The van der Waals surface area contributed by atoms with Crippen LogP contribution < -0.4 is 10.6 Å². The van der Waals surface area contributed by atoms with Gasteiger partial charge in [-0.05, 0) is 51.2 Å². The van der Waals surface area contributed by atoms with E-state index in [-0.39, 0.29) is 35.9 Å². The van der Waals surface area contributed by atoms with Crippen LogP contribution in [0.5, 0.6) is 5.75 Å². The van der Waals surface area contributed by atoms with E-state index in [9.17, 15) is 19.5 Å². The molecule has 0 aromatic heterocycles. The second kappa shape index (κ2) is 6.65. The number of hydrogen-bond donors (Lipinski definition) is 3. The summed E-state index contributed by atoms with van der Waals surface area (Å²) in [5.74, 6) is -0.391. The lowest BCUT2D eigenvalue weighted by atomic mass is 9.73. The molecule has 0 unspecified atom stereocenters. The number of phenols is 1. The highest BCUT2D eigenvalue weighted by Crippen LogP contribution is 2.46. The minimum absolute atomic E-state index is 0.0685. The highest BCUT2D eigenvalue weighted by atomic mass is 16.3. The second-order valence-electron chi connectivity index (χ2n) is 8.21.